The lowest BCUT2D eigenvalue weighted by molar-refractivity contribution is 0.146. The van der Waals surface area contributed by atoms with Gasteiger partial charge in [0.05, 0.1) is 49.9 Å². The van der Waals surface area contributed by atoms with Crippen molar-refractivity contribution in [2.24, 2.45) is 7.05 Å². The first-order chi connectivity index (χ1) is 17.0. The van der Waals surface area contributed by atoms with Crippen molar-refractivity contribution in [3.05, 3.63) is 55.0 Å². The van der Waals surface area contributed by atoms with Crippen molar-refractivity contribution in [2.45, 2.75) is 12.8 Å². The average Bonchev–Trinajstić information content (AvgIpc) is 3.31. The van der Waals surface area contributed by atoms with Gasteiger partial charge in [-0.25, -0.2) is 13.8 Å². The zero-order valence-electron chi connectivity index (χ0n) is 19.9. The van der Waals surface area contributed by atoms with E-state index in [2.05, 4.69) is 20.3 Å². The number of fused-ring (bicyclic) bond motifs is 1. The highest BCUT2D eigenvalue weighted by Gasteiger charge is 2.15. The quantitative estimate of drug-likeness (QED) is 0.317. The molecule has 2 aromatic carbocycles. The van der Waals surface area contributed by atoms with Crippen molar-refractivity contribution in [3.8, 4) is 22.8 Å². The summed E-state index contributed by atoms with van der Waals surface area (Å²) in [6.45, 7) is 0.712. The number of benzene rings is 2. The SMILES string of the molecule is COc1cc(OC)cc(N(CCCNCC(F)F)c2ccc3ncc(-c4cnn(C)c4)nc3c2)c1. The molecule has 4 rings (SSSR count). The molecule has 0 unspecified atom stereocenters. The number of rotatable bonds is 11. The molecule has 2 aromatic heterocycles. The van der Waals surface area contributed by atoms with Crippen LogP contribution in [0.15, 0.2) is 55.0 Å². The Morgan fingerprint density at radius 3 is 2.43 bits per heavy atom. The third-order valence-corrected chi connectivity index (χ3v) is 5.52. The summed E-state index contributed by atoms with van der Waals surface area (Å²) in [4.78, 5) is 11.5. The molecule has 35 heavy (non-hydrogen) atoms. The van der Waals surface area contributed by atoms with Gasteiger partial charge in [-0.1, -0.05) is 0 Å². The van der Waals surface area contributed by atoms with Gasteiger partial charge in [-0.2, -0.15) is 5.10 Å². The second-order valence-electron chi connectivity index (χ2n) is 8.00. The van der Waals surface area contributed by atoms with E-state index in [0.717, 1.165) is 33.7 Å². The number of halogens is 2. The van der Waals surface area contributed by atoms with Gasteiger partial charge in [0, 0.05) is 54.9 Å². The first kappa shape index (κ1) is 24.3. The summed E-state index contributed by atoms with van der Waals surface area (Å²) in [5, 5.41) is 7.00. The standard InChI is InChI=1S/C25H28F2N6O2/c1-32-16-17(13-30-32)24-14-29-22-6-5-18(11-23(22)31-24)33(8-4-7-28-15-25(26)27)19-9-20(34-2)12-21(10-19)35-3/h5-6,9-14,16,25,28H,4,7-8,15H2,1-3H3. The van der Waals surface area contributed by atoms with Gasteiger partial charge in [0.15, 0.2) is 0 Å². The zero-order chi connectivity index (χ0) is 24.8. The molecule has 0 amide bonds. The molecule has 1 N–H and O–H groups in total. The van der Waals surface area contributed by atoms with E-state index in [1.165, 1.54) is 0 Å². The Morgan fingerprint density at radius 2 is 1.77 bits per heavy atom. The van der Waals surface area contributed by atoms with E-state index in [0.29, 0.717) is 31.0 Å². The van der Waals surface area contributed by atoms with E-state index in [-0.39, 0.29) is 6.54 Å². The van der Waals surface area contributed by atoms with Crippen molar-refractivity contribution in [3.63, 3.8) is 0 Å². The van der Waals surface area contributed by atoms with Gasteiger partial charge in [-0.15, -0.1) is 0 Å². The zero-order valence-corrected chi connectivity index (χ0v) is 19.9. The Labute approximate surface area is 202 Å². The van der Waals surface area contributed by atoms with Crippen molar-refractivity contribution < 1.29 is 18.3 Å². The van der Waals surface area contributed by atoms with Crippen molar-refractivity contribution >= 4 is 22.4 Å². The number of hydrogen-bond acceptors (Lipinski definition) is 7. The molecule has 0 atom stereocenters. The van der Waals surface area contributed by atoms with Gasteiger partial charge >= 0.3 is 0 Å². The van der Waals surface area contributed by atoms with E-state index in [9.17, 15) is 8.78 Å². The molecule has 0 saturated heterocycles. The van der Waals surface area contributed by atoms with Gasteiger partial charge in [0.25, 0.3) is 6.43 Å². The number of anilines is 2. The number of nitrogens with one attached hydrogen (secondary N) is 1. The molecular weight excluding hydrogens is 454 g/mol. The number of ether oxygens (including phenoxy) is 2. The van der Waals surface area contributed by atoms with Crippen LogP contribution < -0.4 is 19.7 Å². The fourth-order valence-electron chi connectivity index (χ4n) is 3.79. The van der Waals surface area contributed by atoms with Gasteiger partial charge in [0.2, 0.25) is 0 Å². The largest absolute Gasteiger partial charge is 0.497 e. The van der Waals surface area contributed by atoms with Crippen LogP contribution in [0.3, 0.4) is 0 Å². The predicted molar refractivity (Wildman–Crippen MR) is 132 cm³/mol. The smallest absolute Gasteiger partial charge is 0.250 e. The summed E-state index contributed by atoms with van der Waals surface area (Å²) in [7, 11) is 5.05. The Morgan fingerprint density at radius 1 is 1.00 bits per heavy atom. The maximum atomic E-state index is 12.5. The molecule has 0 aliphatic carbocycles. The second-order valence-corrected chi connectivity index (χ2v) is 8.00. The lowest BCUT2D eigenvalue weighted by atomic mass is 10.1. The van der Waals surface area contributed by atoms with Crippen molar-refractivity contribution in [2.75, 3.05) is 38.8 Å². The van der Waals surface area contributed by atoms with Crippen LogP contribution in [0, 0.1) is 0 Å². The van der Waals surface area contributed by atoms with Crippen LogP contribution in [0.1, 0.15) is 6.42 Å². The van der Waals surface area contributed by atoms with Crippen LogP contribution in [-0.4, -0.2) is 60.0 Å². The van der Waals surface area contributed by atoms with E-state index in [1.54, 1.807) is 37.4 Å². The van der Waals surface area contributed by atoms with E-state index in [1.807, 2.05) is 43.6 Å². The molecule has 4 aromatic rings. The molecule has 0 bridgehead atoms. The Kier molecular flexibility index (Phi) is 7.71. The van der Waals surface area contributed by atoms with Crippen LogP contribution in [0.2, 0.25) is 0 Å². The molecule has 10 heteroatoms. The summed E-state index contributed by atoms with van der Waals surface area (Å²) in [6.07, 6.45) is 3.65. The lowest BCUT2D eigenvalue weighted by Gasteiger charge is -2.26. The van der Waals surface area contributed by atoms with E-state index < -0.39 is 6.43 Å². The molecule has 0 radical (unpaired) electrons. The third kappa shape index (κ3) is 6.02. The number of nitrogens with zero attached hydrogens (tertiary/aromatic N) is 5. The van der Waals surface area contributed by atoms with Crippen LogP contribution in [-0.2, 0) is 7.05 Å². The normalized spacial score (nSPS) is 11.3. The predicted octanol–water partition coefficient (Wildman–Crippen LogP) is 4.43. The van der Waals surface area contributed by atoms with Gasteiger partial charge < -0.3 is 19.7 Å². The molecule has 0 aliphatic rings. The van der Waals surface area contributed by atoms with Crippen molar-refractivity contribution in [1.82, 2.24) is 25.1 Å². The monoisotopic (exact) mass is 482 g/mol. The van der Waals surface area contributed by atoms with Crippen LogP contribution >= 0.6 is 0 Å². The maximum absolute atomic E-state index is 12.5. The summed E-state index contributed by atoms with van der Waals surface area (Å²) in [5.41, 5.74) is 4.85. The van der Waals surface area contributed by atoms with E-state index in [4.69, 9.17) is 14.5 Å². The minimum atomic E-state index is -2.37. The summed E-state index contributed by atoms with van der Waals surface area (Å²) >= 11 is 0. The number of aryl methyl sites for hydroxylation is 1. The highest BCUT2D eigenvalue weighted by Crippen LogP contribution is 2.34. The number of hydrogen-bond donors (Lipinski definition) is 1. The van der Waals surface area contributed by atoms with Gasteiger partial charge in [-0.05, 0) is 31.2 Å². The van der Waals surface area contributed by atoms with Gasteiger partial charge in [-0.3, -0.25) is 9.67 Å². The number of alkyl halides is 2. The highest BCUT2D eigenvalue weighted by atomic mass is 19.3. The van der Waals surface area contributed by atoms with Crippen LogP contribution in [0.25, 0.3) is 22.3 Å². The van der Waals surface area contributed by atoms with E-state index >= 15 is 0 Å². The van der Waals surface area contributed by atoms with Crippen molar-refractivity contribution in [1.29, 1.82) is 0 Å². The molecule has 0 aliphatic heterocycles. The molecule has 0 spiro atoms. The fourth-order valence-corrected chi connectivity index (χ4v) is 3.79. The van der Waals surface area contributed by atoms with Crippen LogP contribution in [0.4, 0.5) is 20.2 Å². The fraction of sp³-hybridized carbons (Fsp3) is 0.320. The molecule has 184 valence electrons. The average molecular weight is 483 g/mol. The first-order valence-corrected chi connectivity index (χ1v) is 11.2. The highest BCUT2D eigenvalue weighted by molar-refractivity contribution is 5.82. The summed E-state index contributed by atoms with van der Waals surface area (Å²) < 4.78 is 37.6. The molecule has 2 heterocycles. The topological polar surface area (TPSA) is 77.3 Å². The Hall–Kier alpha value is -3.79. The first-order valence-electron chi connectivity index (χ1n) is 11.2. The molecule has 8 nitrogen and oxygen atoms in total. The molecule has 0 saturated carbocycles. The Bertz CT molecular complexity index is 1260. The van der Waals surface area contributed by atoms with Gasteiger partial charge in [0.1, 0.15) is 11.5 Å². The molecule has 0 fully saturated rings. The number of aromatic nitrogens is 4. The minimum Gasteiger partial charge on any atom is -0.497 e. The summed E-state index contributed by atoms with van der Waals surface area (Å²) in [5.74, 6) is 1.30. The molecular formula is C25H28F2N6O2. The maximum Gasteiger partial charge on any atom is 0.250 e. The van der Waals surface area contributed by atoms with Crippen LogP contribution in [0.5, 0.6) is 11.5 Å². The number of methoxy groups -OCH3 is 2. The summed E-state index contributed by atoms with van der Waals surface area (Å²) in [6, 6.07) is 11.5. The third-order valence-electron chi connectivity index (χ3n) is 5.52. The minimum absolute atomic E-state index is 0.324. The second kappa shape index (κ2) is 11.1. The lowest BCUT2D eigenvalue weighted by Crippen LogP contribution is -2.26. The Balaban J connectivity index is 1.69.